The summed E-state index contributed by atoms with van der Waals surface area (Å²) in [5.74, 6) is 1.40. The van der Waals surface area contributed by atoms with Crippen LogP contribution in [0.4, 0.5) is 11.5 Å². The van der Waals surface area contributed by atoms with E-state index in [1.165, 1.54) is 25.7 Å². The zero-order chi connectivity index (χ0) is 20.8. The Kier molecular flexibility index (Phi) is 6.23. The van der Waals surface area contributed by atoms with Gasteiger partial charge >= 0.3 is 0 Å². The van der Waals surface area contributed by atoms with Crippen LogP contribution in [0.15, 0.2) is 60.7 Å². The first-order chi connectivity index (χ1) is 14.7. The molecule has 0 bridgehead atoms. The van der Waals surface area contributed by atoms with Crippen LogP contribution < -0.4 is 15.0 Å². The number of carbonyl (C=O) groups excluding carboxylic acids is 1. The van der Waals surface area contributed by atoms with Crippen molar-refractivity contribution in [3.63, 3.8) is 0 Å². The highest BCUT2D eigenvalue weighted by Gasteiger charge is 2.12. The van der Waals surface area contributed by atoms with Crippen LogP contribution in [0, 0.1) is 0 Å². The molecule has 1 N–H and O–H groups in total. The van der Waals surface area contributed by atoms with E-state index in [0.29, 0.717) is 17.0 Å². The summed E-state index contributed by atoms with van der Waals surface area (Å²) < 4.78 is 5.19. The third-order valence-corrected chi connectivity index (χ3v) is 5.33. The largest absolute Gasteiger partial charge is 0.497 e. The second-order valence-electron chi connectivity index (χ2n) is 7.44. The van der Waals surface area contributed by atoms with Gasteiger partial charge in [-0.2, -0.15) is 0 Å². The van der Waals surface area contributed by atoms with Gasteiger partial charge in [-0.3, -0.25) is 4.79 Å². The number of hydrogen-bond donors (Lipinski definition) is 1. The van der Waals surface area contributed by atoms with E-state index in [1.807, 2.05) is 42.5 Å². The van der Waals surface area contributed by atoms with Gasteiger partial charge in [0, 0.05) is 29.9 Å². The smallest absolute Gasteiger partial charge is 0.255 e. The molecule has 0 spiro atoms. The van der Waals surface area contributed by atoms with Crippen LogP contribution in [0.25, 0.3) is 11.3 Å². The summed E-state index contributed by atoms with van der Waals surface area (Å²) in [7, 11) is 1.58. The second kappa shape index (κ2) is 9.39. The molecule has 30 heavy (non-hydrogen) atoms. The zero-order valence-electron chi connectivity index (χ0n) is 17.2. The molecule has 1 fully saturated rings. The number of aromatic nitrogens is 2. The van der Waals surface area contributed by atoms with Gasteiger partial charge in [0.25, 0.3) is 5.91 Å². The first-order valence-corrected chi connectivity index (χ1v) is 10.4. The maximum Gasteiger partial charge on any atom is 0.255 e. The quantitative estimate of drug-likeness (QED) is 0.665. The molecule has 4 rings (SSSR count). The Bertz CT molecular complexity index is 996. The molecule has 3 aromatic rings. The van der Waals surface area contributed by atoms with Gasteiger partial charge in [0.15, 0.2) is 5.82 Å². The maximum atomic E-state index is 12.6. The molecule has 0 aliphatic carbocycles. The summed E-state index contributed by atoms with van der Waals surface area (Å²) in [4.78, 5) is 14.9. The van der Waals surface area contributed by atoms with E-state index < -0.39 is 0 Å². The molecule has 1 amide bonds. The lowest BCUT2D eigenvalue weighted by atomic mass is 10.1. The Morgan fingerprint density at radius 3 is 2.47 bits per heavy atom. The number of methoxy groups -OCH3 is 1. The Morgan fingerprint density at radius 2 is 1.73 bits per heavy atom. The Hall–Kier alpha value is -3.41. The fourth-order valence-electron chi connectivity index (χ4n) is 3.67. The van der Waals surface area contributed by atoms with Crippen LogP contribution in [0.2, 0.25) is 0 Å². The van der Waals surface area contributed by atoms with Crippen LogP contribution in [0.5, 0.6) is 5.75 Å². The molecule has 0 unspecified atom stereocenters. The number of benzene rings is 2. The molecule has 2 heterocycles. The number of amides is 1. The van der Waals surface area contributed by atoms with Gasteiger partial charge in [0.1, 0.15) is 5.75 Å². The van der Waals surface area contributed by atoms with Gasteiger partial charge in [0.05, 0.1) is 12.8 Å². The summed E-state index contributed by atoms with van der Waals surface area (Å²) in [6.45, 7) is 2.08. The molecule has 1 aliphatic rings. The Morgan fingerprint density at radius 1 is 0.933 bits per heavy atom. The molecule has 0 radical (unpaired) electrons. The second-order valence-corrected chi connectivity index (χ2v) is 7.44. The minimum atomic E-state index is -0.186. The van der Waals surface area contributed by atoms with Gasteiger partial charge in [-0.1, -0.05) is 31.0 Å². The molecule has 0 saturated carbocycles. The molecule has 154 valence electrons. The van der Waals surface area contributed by atoms with Crippen molar-refractivity contribution in [3.8, 4) is 17.0 Å². The van der Waals surface area contributed by atoms with E-state index in [2.05, 4.69) is 20.4 Å². The first kappa shape index (κ1) is 19.9. The van der Waals surface area contributed by atoms with Crippen molar-refractivity contribution in [1.82, 2.24) is 10.2 Å². The van der Waals surface area contributed by atoms with Crippen molar-refractivity contribution in [2.24, 2.45) is 0 Å². The fourth-order valence-corrected chi connectivity index (χ4v) is 3.67. The van der Waals surface area contributed by atoms with Crippen LogP contribution in [-0.4, -0.2) is 36.3 Å². The molecule has 6 heteroatoms. The Balaban J connectivity index is 1.48. The number of nitrogens with zero attached hydrogens (tertiary/aromatic N) is 3. The van der Waals surface area contributed by atoms with E-state index in [9.17, 15) is 4.79 Å². The van der Waals surface area contributed by atoms with E-state index >= 15 is 0 Å². The molecule has 2 aromatic carbocycles. The minimum Gasteiger partial charge on any atom is -0.497 e. The summed E-state index contributed by atoms with van der Waals surface area (Å²) in [6.07, 6.45) is 4.99. The minimum absolute atomic E-state index is 0.186. The lowest BCUT2D eigenvalue weighted by Gasteiger charge is -2.20. The highest BCUT2D eigenvalue weighted by Crippen LogP contribution is 2.24. The predicted octanol–water partition coefficient (Wildman–Crippen LogP) is 4.78. The predicted molar refractivity (Wildman–Crippen MR) is 119 cm³/mol. The van der Waals surface area contributed by atoms with Crippen LogP contribution >= 0.6 is 0 Å². The fraction of sp³-hybridized carbons (Fsp3) is 0.292. The molecule has 1 saturated heterocycles. The van der Waals surface area contributed by atoms with Gasteiger partial charge in [0.2, 0.25) is 0 Å². The van der Waals surface area contributed by atoms with Gasteiger partial charge in [-0.25, -0.2) is 0 Å². The van der Waals surface area contributed by atoms with Gasteiger partial charge < -0.3 is 15.0 Å². The molecular formula is C24H26N4O2. The average Bonchev–Trinajstić information content (AvgIpc) is 3.09. The number of hydrogen-bond acceptors (Lipinski definition) is 5. The van der Waals surface area contributed by atoms with Crippen LogP contribution in [-0.2, 0) is 0 Å². The van der Waals surface area contributed by atoms with E-state index in [0.717, 1.165) is 30.2 Å². The average molecular weight is 402 g/mol. The highest BCUT2D eigenvalue weighted by molar-refractivity contribution is 6.04. The maximum absolute atomic E-state index is 12.6. The van der Waals surface area contributed by atoms with Crippen molar-refractivity contribution in [3.05, 3.63) is 66.2 Å². The molecular weight excluding hydrogens is 376 g/mol. The van der Waals surface area contributed by atoms with Gasteiger partial charge in [-0.05, 0) is 55.3 Å². The first-order valence-electron chi connectivity index (χ1n) is 10.4. The Labute approximate surface area is 176 Å². The van der Waals surface area contributed by atoms with Crippen molar-refractivity contribution in [2.75, 3.05) is 30.4 Å². The van der Waals surface area contributed by atoms with Crippen LogP contribution in [0.3, 0.4) is 0 Å². The van der Waals surface area contributed by atoms with E-state index in [1.54, 1.807) is 25.3 Å². The third-order valence-electron chi connectivity index (χ3n) is 5.33. The third kappa shape index (κ3) is 4.76. The summed E-state index contributed by atoms with van der Waals surface area (Å²) >= 11 is 0. The number of rotatable bonds is 5. The van der Waals surface area contributed by atoms with E-state index in [-0.39, 0.29) is 5.91 Å². The number of ether oxygens (including phenoxy) is 1. The summed E-state index contributed by atoms with van der Waals surface area (Å²) in [5, 5.41) is 11.8. The summed E-state index contributed by atoms with van der Waals surface area (Å²) in [5.41, 5.74) is 2.94. The lowest BCUT2D eigenvalue weighted by Crippen LogP contribution is -2.25. The van der Waals surface area contributed by atoms with Crippen molar-refractivity contribution in [2.45, 2.75) is 25.7 Å². The van der Waals surface area contributed by atoms with Crippen molar-refractivity contribution < 1.29 is 9.53 Å². The SMILES string of the molecule is COc1cccc(C(=O)Nc2cccc(-c3ccc(N4CCCCCC4)nn3)c2)c1. The number of nitrogens with one attached hydrogen (secondary N) is 1. The molecule has 0 atom stereocenters. The number of carbonyl (C=O) groups is 1. The highest BCUT2D eigenvalue weighted by atomic mass is 16.5. The zero-order valence-corrected chi connectivity index (χ0v) is 17.2. The van der Waals surface area contributed by atoms with Crippen LogP contribution in [0.1, 0.15) is 36.0 Å². The monoisotopic (exact) mass is 402 g/mol. The topological polar surface area (TPSA) is 67.3 Å². The lowest BCUT2D eigenvalue weighted by molar-refractivity contribution is 0.102. The molecule has 6 nitrogen and oxygen atoms in total. The number of anilines is 2. The van der Waals surface area contributed by atoms with Crippen molar-refractivity contribution in [1.29, 1.82) is 0 Å². The molecule has 1 aliphatic heterocycles. The van der Waals surface area contributed by atoms with E-state index in [4.69, 9.17) is 4.74 Å². The van der Waals surface area contributed by atoms with Crippen molar-refractivity contribution >= 4 is 17.4 Å². The normalized spacial score (nSPS) is 14.1. The van der Waals surface area contributed by atoms with Gasteiger partial charge in [-0.15, -0.1) is 10.2 Å². The summed E-state index contributed by atoms with van der Waals surface area (Å²) in [6, 6.07) is 18.8. The molecule has 1 aromatic heterocycles. The standard InChI is InChI=1S/C24H26N4O2/c1-30-21-11-7-9-19(17-21)24(29)25-20-10-6-8-18(16-20)22-12-13-23(27-26-22)28-14-4-2-3-5-15-28/h6-13,16-17H,2-5,14-15H2,1H3,(H,25,29).